The molecule has 1 aromatic heterocycles. The van der Waals surface area contributed by atoms with Crippen LogP contribution in [0.1, 0.15) is 24.2 Å². The number of aromatic nitrogens is 3. The summed E-state index contributed by atoms with van der Waals surface area (Å²) in [5.74, 6) is 5.02. The Morgan fingerprint density at radius 2 is 2.07 bits per heavy atom. The molecule has 3 atom stereocenters. The van der Waals surface area contributed by atoms with Crippen LogP contribution >= 0.6 is 0 Å². The van der Waals surface area contributed by atoms with E-state index in [2.05, 4.69) is 16.2 Å². The lowest BCUT2D eigenvalue weighted by atomic mass is 10.0. The minimum Gasteiger partial charge on any atom is -0.252 e. The molecule has 1 saturated carbocycles. The van der Waals surface area contributed by atoms with Crippen LogP contribution in [0.5, 0.6) is 0 Å². The van der Waals surface area contributed by atoms with Crippen LogP contribution in [-0.4, -0.2) is 15.0 Å². The number of rotatable bonds is 0. The van der Waals surface area contributed by atoms with Gasteiger partial charge in [-0.2, -0.15) is 0 Å². The summed E-state index contributed by atoms with van der Waals surface area (Å²) in [6, 6.07) is 0. The lowest BCUT2D eigenvalue weighted by Crippen LogP contribution is -2.04. The van der Waals surface area contributed by atoms with E-state index in [1.165, 1.54) is 24.2 Å². The first kappa shape index (κ1) is 8.96. The van der Waals surface area contributed by atoms with E-state index in [4.69, 9.17) is 6.42 Å². The number of hydrogen-bond donors (Lipinski definition) is 0. The third kappa shape index (κ3) is 1.28. The van der Waals surface area contributed by atoms with Crippen LogP contribution < -0.4 is 0 Å². The van der Waals surface area contributed by atoms with Gasteiger partial charge in [0, 0.05) is 13.0 Å². The van der Waals surface area contributed by atoms with Crippen LogP contribution in [0.25, 0.3) is 0 Å². The summed E-state index contributed by atoms with van der Waals surface area (Å²) in [6.07, 6.45) is 10.1. The van der Waals surface area contributed by atoms with Gasteiger partial charge in [0.2, 0.25) is 0 Å². The van der Waals surface area contributed by atoms with Gasteiger partial charge in [0.15, 0.2) is 0 Å². The molecule has 0 bridgehead atoms. The van der Waals surface area contributed by atoms with Crippen LogP contribution in [0.2, 0.25) is 0 Å². The maximum absolute atomic E-state index is 5.52. The summed E-state index contributed by atoms with van der Waals surface area (Å²) >= 11 is 0. The van der Waals surface area contributed by atoms with Gasteiger partial charge in [-0.3, -0.25) is 4.68 Å². The van der Waals surface area contributed by atoms with Gasteiger partial charge in [-0.05, 0) is 37.5 Å². The normalized spacial score (nSPS) is 33.2. The molecular formula is C12H15N3. The van der Waals surface area contributed by atoms with Crippen LogP contribution in [0.15, 0.2) is 0 Å². The largest absolute Gasteiger partial charge is 0.252 e. The van der Waals surface area contributed by atoms with Crippen LogP contribution in [0, 0.1) is 30.1 Å². The van der Waals surface area contributed by atoms with E-state index < -0.39 is 0 Å². The Morgan fingerprint density at radius 3 is 2.80 bits per heavy atom. The molecule has 3 heteroatoms. The highest BCUT2D eigenvalue weighted by molar-refractivity contribution is 5.19. The topological polar surface area (TPSA) is 30.7 Å². The Morgan fingerprint density at radius 1 is 1.33 bits per heavy atom. The van der Waals surface area contributed by atoms with E-state index in [0.29, 0.717) is 5.92 Å². The molecule has 15 heavy (non-hydrogen) atoms. The van der Waals surface area contributed by atoms with Crippen LogP contribution in [-0.2, 0) is 19.9 Å². The van der Waals surface area contributed by atoms with Gasteiger partial charge in [-0.25, -0.2) is 0 Å². The van der Waals surface area contributed by atoms with Crippen molar-refractivity contribution < 1.29 is 0 Å². The van der Waals surface area contributed by atoms with Crippen molar-refractivity contribution in [2.45, 2.75) is 25.7 Å². The zero-order valence-corrected chi connectivity index (χ0v) is 8.98. The summed E-state index contributed by atoms with van der Waals surface area (Å²) in [6.45, 7) is 0. The molecule has 0 N–H and O–H groups in total. The molecule has 78 valence electrons. The van der Waals surface area contributed by atoms with Crippen LogP contribution in [0.4, 0.5) is 0 Å². The number of nitrogens with zero attached hydrogens (tertiary/aromatic N) is 3. The highest BCUT2D eigenvalue weighted by Gasteiger charge is 2.48. The molecule has 0 radical (unpaired) electrons. The molecule has 1 fully saturated rings. The molecular weight excluding hydrogens is 186 g/mol. The monoisotopic (exact) mass is 201 g/mol. The summed E-state index contributed by atoms with van der Waals surface area (Å²) in [7, 11) is 1.98. The van der Waals surface area contributed by atoms with Gasteiger partial charge in [0.05, 0.1) is 11.4 Å². The summed E-state index contributed by atoms with van der Waals surface area (Å²) in [5, 5.41) is 8.31. The second kappa shape index (κ2) is 3.10. The Kier molecular flexibility index (Phi) is 1.85. The zero-order chi connectivity index (χ0) is 10.4. The molecule has 1 aromatic rings. The molecule has 2 unspecified atom stereocenters. The zero-order valence-electron chi connectivity index (χ0n) is 8.98. The van der Waals surface area contributed by atoms with Crippen molar-refractivity contribution in [2.24, 2.45) is 24.8 Å². The third-order valence-corrected chi connectivity index (χ3v) is 3.98. The Hall–Kier alpha value is -1.30. The lowest BCUT2D eigenvalue weighted by Gasteiger charge is -2.07. The average molecular weight is 201 g/mol. The summed E-state index contributed by atoms with van der Waals surface area (Å²) in [5.41, 5.74) is 2.51. The van der Waals surface area contributed by atoms with Crippen molar-refractivity contribution in [3.63, 3.8) is 0 Å². The quantitative estimate of drug-likeness (QED) is 0.590. The average Bonchev–Trinajstić information content (AvgIpc) is 2.76. The lowest BCUT2D eigenvalue weighted by molar-refractivity contribution is 0.566. The van der Waals surface area contributed by atoms with E-state index >= 15 is 0 Å². The number of terminal acetylenes is 1. The fraction of sp³-hybridized carbons (Fsp3) is 0.667. The van der Waals surface area contributed by atoms with E-state index in [0.717, 1.165) is 24.7 Å². The SMILES string of the molecule is C#C[C@H]1C2CCc3nnn(C)c3CCC21. The van der Waals surface area contributed by atoms with Gasteiger partial charge < -0.3 is 0 Å². The van der Waals surface area contributed by atoms with E-state index in [9.17, 15) is 0 Å². The van der Waals surface area contributed by atoms with Crippen LogP contribution in [0.3, 0.4) is 0 Å². The predicted octanol–water partition coefficient (Wildman–Crippen LogP) is 1.19. The van der Waals surface area contributed by atoms with Gasteiger partial charge in [0.1, 0.15) is 0 Å². The smallest absolute Gasteiger partial charge is 0.0859 e. The number of aryl methyl sites for hydroxylation is 2. The summed E-state index contributed by atoms with van der Waals surface area (Å²) < 4.78 is 1.92. The molecule has 0 aromatic carbocycles. The molecule has 0 spiro atoms. The second-order valence-corrected chi connectivity index (χ2v) is 4.70. The van der Waals surface area contributed by atoms with Crippen molar-refractivity contribution in [1.82, 2.24) is 15.0 Å². The molecule has 1 heterocycles. The minimum absolute atomic E-state index is 0.548. The first-order chi connectivity index (χ1) is 7.31. The maximum Gasteiger partial charge on any atom is 0.0859 e. The molecule has 2 aliphatic carbocycles. The molecule has 0 aliphatic heterocycles. The van der Waals surface area contributed by atoms with Gasteiger partial charge in [-0.1, -0.05) is 5.21 Å². The molecule has 2 aliphatic rings. The third-order valence-electron chi connectivity index (χ3n) is 3.98. The molecule has 0 amide bonds. The van der Waals surface area contributed by atoms with Crippen molar-refractivity contribution in [1.29, 1.82) is 0 Å². The Bertz CT molecular complexity index is 427. The fourth-order valence-electron chi connectivity index (χ4n) is 3.01. The van der Waals surface area contributed by atoms with Gasteiger partial charge in [0.25, 0.3) is 0 Å². The minimum atomic E-state index is 0.548. The van der Waals surface area contributed by atoms with Crippen molar-refractivity contribution in [3.05, 3.63) is 11.4 Å². The van der Waals surface area contributed by atoms with Gasteiger partial charge >= 0.3 is 0 Å². The van der Waals surface area contributed by atoms with E-state index in [1.54, 1.807) is 0 Å². The number of fused-ring (bicyclic) bond motifs is 2. The molecule has 3 rings (SSSR count). The van der Waals surface area contributed by atoms with Crippen molar-refractivity contribution in [2.75, 3.05) is 0 Å². The Balaban J connectivity index is 1.84. The highest BCUT2D eigenvalue weighted by Crippen LogP contribution is 2.52. The van der Waals surface area contributed by atoms with Crippen molar-refractivity contribution in [3.8, 4) is 12.3 Å². The summed E-state index contributed by atoms with van der Waals surface area (Å²) in [4.78, 5) is 0. The van der Waals surface area contributed by atoms with E-state index in [1.807, 2.05) is 11.7 Å². The molecule has 3 nitrogen and oxygen atoms in total. The van der Waals surface area contributed by atoms with E-state index in [-0.39, 0.29) is 0 Å². The Labute approximate surface area is 89.9 Å². The highest BCUT2D eigenvalue weighted by atomic mass is 15.4. The molecule has 0 saturated heterocycles. The first-order valence-corrected chi connectivity index (χ1v) is 5.65. The number of hydrogen-bond acceptors (Lipinski definition) is 2. The fourth-order valence-corrected chi connectivity index (χ4v) is 3.01. The maximum atomic E-state index is 5.52. The predicted molar refractivity (Wildman–Crippen MR) is 56.9 cm³/mol. The van der Waals surface area contributed by atoms with Crippen molar-refractivity contribution >= 4 is 0 Å². The second-order valence-electron chi connectivity index (χ2n) is 4.70. The standard InChI is InChI=1S/C12H15N3/c1-3-8-9-4-6-11-12(7-5-10(8)9)15(2)14-13-11/h1,8-10H,4-7H2,2H3/t8-,9?,10?/m0/s1. The van der Waals surface area contributed by atoms with Gasteiger partial charge in [-0.15, -0.1) is 17.4 Å². The first-order valence-electron chi connectivity index (χ1n) is 5.65.